The molecule has 2 amide bonds. The van der Waals surface area contributed by atoms with Crippen LogP contribution in [0, 0.1) is 0 Å². The molecule has 144 valence electrons. The molecule has 0 aliphatic rings. The molecule has 0 spiro atoms. The maximum atomic E-state index is 12.2. The first-order valence-electron chi connectivity index (χ1n) is 8.11. The molecular weight excluding hydrogens is 368 g/mol. The fourth-order valence-electron chi connectivity index (χ4n) is 2.18. The minimum absolute atomic E-state index is 0.315. The molecule has 0 radical (unpaired) electrons. The van der Waals surface area contributed by atoms with Crippen LogP contribution in [0.5, 0.6) is 17.2 Å². The SMILES string of the molecule is COc1ccc(SC(C)C(=O)NNC(=O)c2ccc(OC)c(OC)c2)cc1. The van der Waals surface area contributed by atoms with Gasteiger partial charge in [0.2, 0.25) is 0 Å². The van der Waals surface area contributed by atoms with Crippen molar-refractivity contribution in [1.29, 1.82) is 0 Å². The third kappa shape index (κ3) is 5.55. The summed E-state index contributed by atoms with van der Waals surface area (Å²) in [5.41, 5.74) is 5.17. The highest BCUT2D eigenvalue weighted by molar-refractivity contribution is 8.00. The Morgan fingerprint density at radius 2 is 1.56 bits per heavy atom. The minimum atomic E-state index is -0.453. The number of nitrogens with one attached hydrogen (secondary N) is 2. The normalized spacial score (nSPS) is 11.3. The number of rotatable bonds is 7. The van der Waals surface area contributed by atoms with E-state index >= 15 is 0 Å². The van der Waals surface area contributed by atoms with Gasteiger partial charge < -0.3 is 14.2 Å². The zero-order chi connectivity index (χ0) is 19.8. The zero-order valence-electron chi connectivity index (χ0n) is 15.6. The molecule has 1 unspecified atom stereocenters. The first kappa shape index (κ1) is 20.4. The summed E-state index contributed by atoms with van der Waals surface area (Å²) in [5.74, 6) is 0.928. The number of carbonyl (C=O) groups is 2. The number of amides is 2. The van der Waals surface area contributed by atoms with Crippen molar-refractivity contribution in [3.63, 3.8) is 0 Å². The minimum Gasteiger partial charge on any atom is -0.497 e. The predicted molar refractivity (Wildman–Crippen MR) is 103 cm³/mol. The van der Waals surface area contributed by atoms with Crippen molar-refractivity contribution in [2.24, 2.45) is 0 Å². The molecule has 1 atom stereocenters. The van der Waals surface area contributed by atoms with Gasteiger partial charge in [-0.2, -0.15) is 0 Å². The van der Waals surface area contributed by atoms with Gasteiger partial charge in [0.15, 0.2) is 11.5 Å². The van der Waals surface area contributed by atoms with Crippen molar-refractivity contribution >= 4 is 23.6 Å². The second-order valence-electron chi connectivity index (χ2n) is 5.45. The van der Waals surface area contributed by atoms with Gasteiger partial charge in [-0.05, 0) is 49.4 Å². The lowest BCUT2D eigenvalue weighted by atomic mass is 10.2. The van der Waals surface area contributed by atoms with Crippen LogP contribution in [0.2, 0.25) is 0 Å². The van der Waals surface area contributed by atoms with E-state index in [4.69, 9.17) is 14.2 Å². The number of carbonyl (C=O) groups excluding carboxylic acids is 2. The average Bonchev–Trinajstić information content (AvgIpc) is 2.71. The Bertz CT molecular complexity index is 795. The molecule has 0 aliphatic carbocycles. The van der Waals surface area contributed by atoms with Crippen molar-refractivity contribution in [2.45, 2.75) is 17.1 Å². The number of hydrazine groups is 1. The quantitative estimate of drug-likeness (QED) is 0.558. The number of benzene rings is 2. The first-order valence-corrected chi connectivity index (χ1v) is 8.99. The highest BCUT2D eigenvalue weighted by Crippen LogP contribution is 2.27. The lowest BCUT2D eigenvalue weighted by molar-refractivity contribution is -0.121. The highest BCUT2D eigenvalue weighted by Gasteiger charge is 2.16. The summed E-state index contributed by atoms with van der Waals surface area (Å²) in [6, 6.07) is 12.1. The fraction of sp³-hybridized carbons (Fsp3) is 0.263. The fourth-order valence-corrected chi connectivity index (χ4v) is 3.05. The van der Waals surface area contributed by atoms with Crippen LogP contribution in [0.15, 0.2) is 47.4 Å². The van der Waals surface area contributed by atoms with E-state index in [-0.39, 0.29) is 5.91 Å². The van der Waals surface area contributed by atoms with E-state index in [9.17, 15) is 9.59 Å². The van der Waals surface area contributed by atoms with E-state index in [1.165, 1.54) is 32.0 Å². The molecule has 0 aliphatic heterocycles. The number of hydrogen-bond acceptors (Lipinski definition) is 6. The summed E-state index contributed by atoms with van der Waals surface area (Å²) in [7, 11) is 4.60. The van der Waals surface area contributed by atoms with Crippen LogP contribution in [0.25, 0.3) is 0 Å². The van der Waals surface area contributed by atoms with Crippen molar-refractivity contribution in [3.05, 3.63) is 48.0 Å². The summed E-state index contributed by atoms with van der Waals surface area (Å²) < 4.78 is 15.4. The molecule has 2 rings (SSSR count). The van der Waals surface area contributed by atoms with Crippen LogP contribution >= 0.6 is 11.8 Å². The standard InChI is InChI=1S/C19H22N2O5S/c1-12(27-15-8-6-14(24-2)7-9-15)18(22)20-21-19(23)13-5-10-16(25-3)17(11-13)26-4/h5-12H,1-4H3,(H,20,22)(H,21,23). The monoisotopic (exact) mass is 390 g/mol. The number of ether oxygens (including phenoxy) is 3. The van der Waals surface area contributed by atoms with Gasteiger partial charge in [0.1, 0.15) is 5.75 Å². The molecule has 2 aromatic rings. The van der Waals surface area contributed by atoms with E-state index in [0.717, 1.165) is 10.6 Å². The summed E-state index contributed by atoms with van der Waals surface area (Å²) >= 11 is 1.37. The van der Waals surface area contributed by atoms with Crippen molar-refractivity contribution < 1.29 is 23.8 Å². The van der Waals surface area contributed by atoms with Crippen LogP contribution in [0.3, 0.4) is 0 Å². The van der Waals surface area contributed by atoms with Crippen LogP contribution in [0.4, 0.5) is 0 Å². The van der Waals surface area contributed by atoms with Gasteiger partial charge >= 0.3 is 0 Å². The van der Waals surface area contributed by atoms with Gasteiger partial charge in [-0.3, -0.25) is 20.4 Å². The molecule has 0 saturated heterocycles. The lowest BCUT2D eigenvalue weighted by Gasteiger charge is -2.14. The smallest absolute Gasteiger partial charge is 0.269 e. The van der Waals surface area contributed by atoms with Crippen molar-refractivity contribution in [3.8, 4) is 17.2 Å². The van der Waals surface area contributed by atoms with E-state index in [0.29, 0.717) is 17.1 Å². The van der Waals surface area contributed by atoms with Crippen LogP contribution in [0.1, 0.15) is 17.3 Å². The molecule has 27 heavy (non-hydrogen) atoms. The van der Waals surface area contributed by atoms with Crippen LogP contribution in [-0.4, -0.2) is 38.4 Å². The second-order valence-corrected chi connectivity index (χ2v) is 6.86. The van der Waals surface area contributed by atoms with E-state index in [1.807, 2.05) is 24.3 Å². The number of hydrogen-bond donors (Lipinski definition) is 2. The molecule has 0 saturated carbocycles. The summed E-state index contributed by atoms with van der Waals surface area (Å²) in [6.45, 7) is 1.76. The number of thioether (sulfide) groups is 1. The molecule has 0 aromatic heterocycles. The van der Waals surface area contributed by atoms with E-state index in [2.05, 4.69) is 10.9 Å². The lowest BCUT2D eigenvalue weighted by Crippen LogP contribution is -2.44. The van der Waals surface area contributed by atoms with Crippen LogP contribution < -0.4 is 25.1 Å². The van der Waals surface area contributed by atoms with Gasteiger partial charge in [-0.1, -0.05) is 0 Å². The van der Waals surface area contributed by atoms with Gasteiger partial charge in [-0.25, -0.2) is 0 Å². The largest absolute Gasteiger partial charge is 0.497 e. The Balaban J connectivity index is 1.90. The number of methoxy groups -OCH3 is 3. The average molecular weight is 390 g/mol. The Morgan fingerprint density at radius 1 is 0.889 bits per heavy atom. The Hall–Kier alpha value is -2.87. The summed E-state index contributed by atoms with van der Waals surface area (Å²) in [5, 5.41) is -0.399. The Morgan fingerprint density at radius 3 is 2.15 bits per heavy atom. The Labute approximate surface area is 162 Å². The van der Waals surface area contributed by atoms with Crippen molar-refractivity contribution in [2.75, 3.05) is 21.3 Å². The zero-order valence-corrected chi connectivity index (χ0v) is 16.4. The summed E-state index contributed by atoms with van der Waals surface area (Å²) in [6.07, 6.45) is 0. The molecule has 2 aromatic carbocycles. The van der Waals surface area contributed by atoms with Gasteiger partial charge in [0, 0.05) is 10.5 Å². The molecule has 7 nitrogen and oxygen atoms in total. The topological polar surface area (TPSA) is 85.9 Å². The van der Waals surface area contributed by atoms with Crippen molar-refractivity contribution in [1.82, 2.24) is 10.9 Å². The molecule has 0 heterocycles. The van der Waals surface area contributed by atoms with Crippen LogP contribution in [-0.2, 0) is 4.79 Å². The molecule has 0 bridgehead atoms. The summed E-state index contributed by atoms with van der Waals surface area (Å²) in [4.78, 5) is 25.4. The molecule has 0 fully saturated rings. The van der Waals surface area contributed by atoms with Gasteiger partial charge in [0.25, 0.3) is 11.8 Å². The second kappa shape index (κ2) is 9.72. The molecule has 2 N–H and O–H groups in total. The van der Waals surface area contributed by atoms with Gasteiger partial charge in [-0.15, -0.1) is 11.8 Å². The molecule has 8 heteroatoms. The molecular formula is C19H22N2O5S. The first-order chi connectivity index (χ1) is 13.0. The van der Waals surface area contributed by atoms with E-state index in [1.54, 1.807) is 26.2 Å². The van der Waals surface area contributed by atoms with Gasteiger partial charge in [0.05, 0.1) is 26.6 Å². The highest BCUT2D eigenvalue weighted by atomic mass is 32.2. The van der Waals surface area contributed by atoms with E-state index < -0.39 is 11.2 Å². The predicted octanol–water partition coefficient (Wildman–Crippen LogP) is 2.65. The Kier molecular flexibility index (Phi) is 7.36. The third-order valence-corrected chi connectivity index (χ3v) is 4.80. The third-order valence-electron chi connectivity index (χ3n) is 3.69. The maximum absolute atomic E-state index is 12.2. The maximum Gasteiger partial charge on any atom is 0.269 e.